The molecule has 128 valence electrons. The number of hydrogen-bond donors (Lipinski definition) is 0. The predicted molar refractivity (Wildman–Crippen MR) is 97.3 cm³/mol. The lowest BCUT2D eigenvalue weighted by molar-refractivity contribution is -0.134. The molecule has 2 aliphatic rings. The van der Waals surface area contributed by atoms with Gasteiger partial charge in [0.2, 0.25) is 5.91 Å². The van der Waals surface area contributed by atoms with Crippen molar-refractivity contribution in [1.82, 2.24) is 4.90 Å². The van der Waals surface area contributed by atoms with Crippen LogP contribution in [-0.2, 0) is 21.1 Å². The highest BCUT2D eigenvalue weighted by Gasteiger charge is 2.36. The normalized spacial score (nSPS) is 25.6. The second kappa shape index (κ2) is 6.28. The Morgan fingerprint density at radius 2 is 2.12 bits per heavy atom. The molecule has 2 aromatic rings. The Kier molecular flexibility index (Phi) is 4.26. The molecule has 0 bridgehead atoms. The number of nitrogens with zero attached hydrogens (tertiary/aromatic N) is 1. The molecule has 0 N–H and O–H groups in total. The van der Waals surface area contributed by atoms with E-state index in [1.165, 1.54) is 15.3 Å². The number of hydrogen-bond acceptors (Lipinski definition) is 5. The molecule has 4 nitrogen and oxygen atoms in total. The molecule has 2 aliphatic heterocycles. The first-order valence-electron chi connectivity index (χ1n) is 8.13. The maximum absolute atomic E-state index is 12.9. The van der Waals surface area contributed by atoms with Crippen molar-refractivity contribution in [3.8, 4) is 0 Å². The fourth-order valence-corrected chi connectivity index (χ4v) is 7.36. The molecule has 4 rings (SSSR count). The Hall–Kier alpha value is -1.18. The first-order chi connectivity index (χ1) is 11.5. The summed E-state index contributed by atoms with van der Waals surface area (Å²) in [5.74, 6) is 0.469. The summed E-state index contributed by atoms with van der Waals surface area (Å²) in [6.07, 6.45) is 1.86. The van der Waals surface area contributed by atoms with Crippen molar-refractivity contribution in [2.24, 2.45) is 5.92 Å². The number of carbonyl (C=O) groups is 1. The predicted octanol–water partition coefficient (Wildman–Crippen LogP) is 3.11. The largest absolute Gasteiger partial charge is 0.330 e. The highest BCUT2D eigenvalue weighted by Crippen LogP contribution is 2.40. The molecule has 2 atom stereocenters. The highest BCUT2D eigenvalue weighted by molar-refractivity contribution is 7.91. The lowest BCUT2D eigenvalue weighted by Crippen LogP contribution is -2.40. The first-order valence-corrected chi connectivity index (χ1v) is 11.7. The van der Waals surface area contributed by atoms with Crippen molar-refractivity contribution >= 4 is 38.4 Å². The Labute approximate surface area is 150 Å². The molecule has 1 fully saturated rings. The third-order valence-electron chi connectivity index (χ3n) is 4.89. The van der Waals surface area contributed by atoms with E-state index in [9.17, 15) is 13.2 Å². The van der Waals surface area contributed by atoms with Crippen molar-refractivity contribution in [3.63, 3.8) is 0 Å². The highest BCUT2D eigenvalue weighted by atomic mass is 32.2. The zero-order valence-corrected chi connectivity index (χ0v) is 15.6. The average molecular weight is 382 g/mol. The Balaban J connectivity index is 1.58. The van der Waals surface area contributed by atoms with Crippen LogP contribution >= 0.6 is 22.7 Å². The van der Waals surface area contributed by atoms with Crippen LogP contribution in [0.1, 0.15) is 34.2 Å². The number of sulfone groups is 1. The van der Waals surface area contributed by atoms with E-state index < -0.39 is 9.84 Å². The van der Waals surface area contributed by atoms with Gasteiger partial charge in [0.1, 0.15) is 0 Å². The fraction of sp³-hybridized carbons (Fsp3) is 0.471. The van der Waals surface area contributed by atoms with Crippen LogP contribution in [0.2, 0.25) is 0 Å². The van der Waals surface area contributed by atoms with Crippen molar-refractivity contribution in [2.75, 3.05) is 18.1 Å². The number of rotatable bonds is 3. The van der Waals surface area contributed by atoms with Crippen LogP contribution in [0.15, 0.2) is 29.0 Å². The van der Waals surface area contributed by atoms with Gasteiger partial charge in [0, 0.05) is 22.7 Å². The number of carbonyl (C=O) groups excluding carboxylic acids is 1. The quantitative estimate of drug-likeness (QED) is 0.821. The van der Waals surface area contributed by atoms with Crippen molar-refractivity contribution in [3.05, 3.63) is 44.3 Å². The van der Waals surface area contributed by atoms with E-state index in [0.29, 0.717) is 19.4 Å². The Morgan fingerprint density at radius 1 is 1.25 bits per heavy atom. The molecule has 1 amide bonds. The number of amides is 1. The van der Waals surface area contributed by atoms with E-state index in [1.54, 1.807) is 22.7 Å². The molecular weight excluding hydrogens is 362 g/mol. The van der Waals surface area contributed by atoms with E-state index in [-0.39, 0.29) is 29.4 Å². The molecule has 0 spiro atoms. The molecule has 2 aromatic heterocycles. The molecule has 0 aliphatic carbocycles. The summed E-state index contributed by atoms with van der Waals surface area (Å²) in [6, 6.07) is 6.23. The fourth-order valence-electron chi connectivity index (χ4n) is 3.74. The minimum Gasteiger partial charge on any atom is -0.330 e. The van der Waals surface area contributed by atoms with E-state index in [4.69, 9.17) is 0 Å². The topological polar surface area (TPSA) is 54.5 Å². The van der Waals surface area contributed by atoms with Gasteiger partial charge < -0.3 is 4.90 Å². The van der Waals surface area contributed by atoms with E-state index in [0.717, 1.165) is 6.42 Å². The van der Waals surface area contributed by atoms with Gasteiger partial charge in [0.25, 0.3) is 0 Å². The van der Waals surface area contributed by atoms with E-state index in [1.807, 2.05) is 16.3 Å². The Bertz CT molecular complexity index is 838. The zero-order valence-electron chi connectivity index (χ0n) is 13.2. The third-order valence-corrected chi connectivity index (χ3v) is 8.65. The van der Waals surface area contributed by atoms with E-state index in [2.05, 4.69) is 17.5 Å². The monoisotopic (exact) mass is 381 g/mol. The van der Waals surface area contributed by atoms with Gasteiger partial charge in [0.05, 0.1) is 17.5 Å². The first kappa shape index (κ1) is 16.3. The van der Waals surface area contributed by atoms with Crippen LogP contribution in [0.25, 0.3) is 0 Å². The van der Waals surface area contributed by atoms with E-state index >= 15 is 0 Å². The van der Waals surface area contributed by atoms with Crippen LogP contribution in [0.5, 0.6) is 0 Å². The second-order valence-electron chi connectivity index (χ2n) is 6.53. The summed E-state index contributed by atoms with van der Waals surface area (Å²) < 4.78 is 23.3. The molecule has 7 heteroatoms. The van der Waals surface area contributed by atoms with Crippen LogP contribution < -0.4 is 0 Å². The lowest BCUT2D eigenvalue weighted by Gasteiger charge is -2.36. The summed E-state index contributed by atoms with van der Waals surface area (Å²) in [5.41, 5.74) is 1.24. The average Bonchev–Trinajstić information content (AvgIpc) is 3.26. The summed E-state index contributed by atoms with van der Waals surface area (Å²) in [7, 11) is -2.94. The van der Waals surface area contributed by atoms with Gasteiger partial charge in [0.15, 0.2) is 9.84 Å². The third kappa shape index (κ3) is 3.05. The minimum atomic E-state index is -2.94. The molecule has 1 saturated heterocycles. The maximum atomic E-state index is 12.9. The van der Waals surface area contributed by atoms with Crippen molar-refractivity contribution < 1.29 is 13.2 Å². The lowest BCUT2D eigenvalue weighted by atomic mass is 9.96. The molecule has 0 saturated carbocycles. The summed E-state index contributed by atoms with van der Waals surface area (Å²) in [6.45, 7) is 0.717. The van der Waals surface area contributed by atoms with Crippen molar-refractivity contribution in [2.45, 2.75) is 25.3 Å². The number of fused-ring (bicyclic) bond motifs is 1. The second-order valence-corrected chi connectivity index (χ2v) is 10.7. The van der Waals surface area contributed by atoms with Gasteiger partial charge >= 0.3 is 0 Å². The smallest absolute Gasteiger partial charge is 0.223 e. The molecule has 0 unspecified atom stereocenters. The molecule has 4 heterocycles. The van der Waals surface area contributed by atoms with Gasteiger partial charge in [-0.3, -0.25) is 4.79 Å². The van der Waals surface area contributed by atoms with Crippen LogP contribution in [0, 0.1) is 5.92 Å². The Morgan fingerprint density at radius 3 is 2.83 bits per heavy atom. The summed E-state index contributed by atoms with van der Waals surface area (Å²) >= 11 is 3.44. The van der Waals surface area contributed by atoms with Gasteiger partial charge in [-0.15, -0.1) is 22.7 Å². The van der Waals surface area contributed by atoms with Gasteiger partial charge in [-0.25, -0.2) is 8.42 Å². The SMILES string of the molecule is O=C(C[C@@H]1CCS(=O)(=O)C1)N1CCc2sccc2[C@@H]1c1cccs1. The molecular formula is C17H19NO3S3. The van der Waals surface area contributed by atoms with Gasteiger partial charge in [-0.2, -0.15) is 0 Å². The summed E-state index contributed by atoms with van der Waals surface area (Å²) in [4.78, 5) is 17.4. The maximum Gasteiger partial charge on any atom is 0.223 e. The summed E-state index contributed by atoms with van der Waals surface area (Å²) in [5, 5.41) is 4.14. The van der Waals surface area contributed by atoms with Crippen molar-refractivity contribution in [1.29, 1.82) is 0 Å². The number of thiophene rings is 2. The molecule has 24 heavy (non-hydrogen) atoms. The zero-order chi connectivity index (χ0) is 16.7. The molecule has 0 aromatic carbocycles. The van der Waals surface area contributed by atoms with Gasteiger partial charge in [-0.1, -0.05) is 6.07 Å². The molecule has 0 radical (unpaired) electrons. The standard InChI is InChI=1S/C17H19NO3S3/c19-16(10-12-5-9-24(20,21)11-12)18-6-3-14-13(4-8-23-14)17(18)15-2-1-7-22-15/h1-2,4,7-8,12,17H,3,5-6,9-11H2/t12-,17+/m0/s1. The van der Waals surface area contributed by atoms with Crippen LogP contribution in [0.4, 0.5) is 0 Å². The van der Waals surface area contributed by atoms with Crippen LogP contribution in [-0.4, -0.2) is 37.3 Å². The van der Waals surface area contributed by atoms with Crippen LogP contribution in [0.3, 0.4) is 0 Å². The van der Waals surface area contributed by atoms with Gasteiger partial charge in [-0.05, 0) is 47.2 Å². The minimum absolute atomic E-state index is 0.00879.